The van der Waals surface area contributed by atoms with Crippen LogP contribution in [0.3, 0.4) is 0 Å². The number of anilines is 1. The lowest BCUT2D eigenvalue weighted by Gasteiger charge is -2.14. The van der Waals surface area contributed by atoms with Crippen LogP contribution in [0.1, 0.15) is 15.9 Å². The molecule has 0 aliphatic carbocycles. The first-order chi connectivity index (χ1) is 18.6. The Hall–Kier alpha value is -4.81. The van der Waals surface area contributed by atoms with Crippen LogP contribution in [-0.2, 0) is 0 Å². The Morgan fingerprint density at radius 1 is 0.842 bits per heavy atom. The number of carbonyl (C=O) groups excluding carboxylic acids is 1. The molecule has 190 valence electrons. The van der Waals surface area contributed by atoms with Gasteiger partial charge in [0, 0.05) is 23.2 Å². The van der Waals surface area contributed by atoms with Crippen LogP contribution in [-0.4, -0.2) is 31.4 Å². The molecule has 6 heteroatoms. The van der Waals surface area contributed by atoms with Crippen LogP contribution in [0.15, 0.2) is 109 Å². The molecule has 5 aromatic carbocycles. The number of hydroxylamine groups is 1. The molecule has 0 spiro atoms. The first-order valence-corrected chi connectivity index (χ1v) is 12.3. The number of carbonyl (C=O) groups is 1. The van der Waals surface area contributed by atoms with Crippen molar-refractivity contribution in [2.75, 3.05) is 25.6 Å². The number of amides is 1. The van der Waals surface area contributed by atoms with Crippen molar-refractivity contribution >= 4 is 39.2 Å². The minimum Gasteiger partial charge on any atom is -0.497 e. The second kappa shape index (κ2) is 11.5. The zero-order chi connectivity index (χ0) is 26.3. The third-order valence-electron chi connectivity index (χ3n) is 6.37. The van der Waals surface area contributed by atoms with Crippen molar-refractivity contribution in [2.45, 2.75) is 0 Å². The third kappa shape index (κ3) is 5.77. The van der Waals surface area contributed by atoms with Crippen LogP contribution in [0.4, 0.5) is 5.69 Å². The van der Waals surface area contributed by atoms with Gasteiger partial charge in [0.25, 0.3) is 5.91 Å². The number of hydrogen-bond acceptors (Lipinski definition) is 5. The molecule has 38 heavy (non-hydrogen) atoms. The van der Waals surface area contributed by atoms with E-state index in [0.29, 0.717) is 18.7 Å². The summed E-state index contributed by atoms with van der Waals surface area (Å²) in [5.41, 5.74) is 4.96. The van der Waals surface area contributed by atoms with Gasteiger partial charge in [0.2, 0.25) is 0 Å². The first kappa shape index (κ1) is 24.9. The fraction of sp³-hybridized carbons (Fsp3) is 0.0938. The highest BCUT2D eigenvalue weighted by Gasteiger charge is 2.07. The number of benzene rings is 5. The van der Waals surface area contributed by atoms with Gasteiger partial charge in [-0.25, -0.2) is 5.48 Å². The number of hydrogen-bond donors (Lipinski definition) is 3. The molecule has 0 heterocycles. The van der Waals surface area contributed by atoms with Gasteiger partial charge in [-0.1, -0.05) is 66.7 Å². The Balaban J connectivity index is 1.39. The van der Waals surface area contributed by atoms with Crippen molar-refractivity contribution in [2.24, 2.45) is 0 Å². The Morgan fingerprint density at radius 2 is 1.63 bits per heavy atom. The first-order valence-electron chi connectivity index (χ1n) is 12.3. The summed E-state index contributed by atoms with van der Waals surface area (Å²) in [4.78, 5) is 11.7. The molecule has 0 radical (unpaired) electrons. The van der Waals surface area contributed by atoms with Crippen molar-refractivity contribution in [1.29, 1.82) is 0 Å². The van der Waals surface area contributed by atoms with Crippen LogP contribution in [0.5, 0.6) is 11.5 Å². The highest BCUT2D eigenvalue weighted by Crippen LogP contribution is 2.27. The number of methoxy groups -OCH3 is 1. The molecule has 3 N–H and O–H groups in total. The predicted octanol–water partition coefficient (Wildman–Crippen LogP) is 6.70. The standard InChI is InChI=1S/C32H28N2O4/c1-37-29-16-14-24-13-15-28(18-27(24)19-29)33-20-23(17-22-9-11-26(12-10-22)32(35)34-36)21-38-31-8-4-6-25-5-2-3-7-30(25)31/h2-19,33,36H,20-21H2,1H3,(H,34,35)/b23-17+. The van der Waals surface area contributed by atoms with Crippen molar-refractivity contribution in [3.63, 3.8) is 0 Å². The van der Waals surface area contributed by atoms with Crippen LogP contribution >= 0.6 is 0 Å². The maximum absolute atomic E-state index is 11.7. The van der Waals surface area contributed by atoms with Crippen LogP contribution < -0.4 is 20.3 Å². The molecule has 0 aromatic heterocycles. The molecular weight excluding hydrogens is 476 g/mol. The van der Waals surface area contributed by atoms with Gasteiger partial charge in [-0.3, -0.25) is 10.0 Å². The second-order valence-electron chi connectivity index (χ2n) is 8.91. The molecule has 5 rings (SSSR count). The Kier molecular flexibility index (Phi) is 7.52. The molecule has 0 aliphatic heterocycles. The van der Waals surface area contributed by atoms with Crippen molar-refractivity contribution in [3.05, 3.63) is 120 Å². The molecular formula is C32H28N2O4. The van der Waals surface area contributed by atoms with E-state index < -0.39 is 5.91 Å². The normalized spacial score (nSPS) is 11.4. The van der Waals surface area contributed by atoms with E-state index in [1.807, 2.05) is 60.7 Å². The van der Waals surface area contributed by atoms with Gasteiger partial charge in [-0.05, 0) is 69.8 Å². The lowest BCUT2D eigenvalue weighted by atomic mass is 10.1. The molecule has 6 nitrogen and oxygen atoms in total. The zero-order valence-corrected chi connectivity index (χ0v) is 21.0. The van der Waals surface area contributed by atoms with E-state index in [4.69, 9.17) is 14.7 Å². The Morgan fingerprint density at radius 3 is 2.45 bits per heavy atom. The number of rotatable bonds is 9. The summed E-state index contributed by atoms with van der Waals surface area (Å²) < 4.78 is 11.7. The minimum atomic E-state index is -0.547. The summed E-state index contributed by atoms with van der Waals surface area (Å²) in [7, 11) is 1.67. The summed E-state index contributed by atoms with van der Waals surface area (Å²) >= 11 is 0. The molecule has 0 fully saturated rings. The van der Waals surface area contributed by atoms with Crippen LogP contribution in [0.25, 0.3) is 27.6 Å². The fourth-order valence-corrected chi connectivity index (χ4v) is 4.34. The third-order valence-corrected chi connectivity index (χ3v) is 6.37. The number of ether oxygens (including phenoxy) is 2. The van der Waals surface area contributed by atoms with E-state index in [2.05, 4.69) is 41.7 Å². The molecule has 0 saturated carbocycles. The maximum Gasteiger partial charge on any atom is 0.274 e. The number of nitrogens with one attached hydrogen (secondary N) is 2. The van der Waals surface area contributed by atoms with Gasteiger partial charge >= 0.3 is 0 Å². The molecule has 0 atom stereocenters. The maximum atomic E-state index is 11.7. The van der Waals surface area contributed by atoms with Crippen molar-refractivity contribution in [1.82, 2.24) is 5.48 Å². The molecule has 0 bridgehead atoms. The predicted molar refractivity (Wildman–Crippen MR) is 152 cm³/mol. The molecule has 0 unspecified atom stereocenters. The van der Waals surface area contributed by atoms with Gasteiger partial charge in [-0.2, -0.15) is 0 Å². The highest BCUT2D eigenvalue weighted by atomic mass is 16.5. The monoisotopic (exact) mass is 504 g/mol. The van der Waals surface area contributed by atoms with Gasteiger partial charge in [0.05, 0.1) is 7.11 Å². The average molecular weight is 505 g/mol. The molecule has 5 aromatic rings. The van der Waals surface area contributed by atoms with E-state index in [1.165, 1.54) is 0 Å². The van der Waals surface area contributed by atoms with E-state index in [1.54, 1.807) is 24.7 Å². The summed E-state index contributed by atoms with van der Waals surface area (Å²) in [6.45, 7) is 0.931. The quantitative estimate of drug-likeness (QED) is 0.154. The van der Waals surface area contributed by atoms with E-state index in [9.17, 15) is 4.79 Å². The molecule has 0 aliphatic rings. The van der Waals surface area contributed by atoms with Gasteiger partial charge in [0.15, 0.2) is 0 Å². The highest BCUT2D eigenvalue weighted by molar-refractivity contribution is 5.93. The topological polar surface area (TPSA) is 79.8 Å². The Labute approximate surface area is 221 Å². The SMILES string of the molecule is COc1ccc2ccc(NC/C(=C\c3ccc(C(=O)NO)cc3)COc3cccc4ccccc34)cc2c1. The average Bonchev–Trinajstić information content (AvgIpc) is 2.98. The van der Waals surface area contributed by atoms with Crippen molar-refractivity contribution in [3.8, 4) is 11.5 Å². The zero-order valence-electron chi connectivity index (χ0n) is 21.0. The van der Waals surface area contributed by atoms with Crippen molar-refractivity contribution < 1.29 is 19.5 Å². The summed E-state index contributed by atoms with van der Waals surface area (Å²) in [5.74, 6) is 1.09. The largest absolute Gasteiger partial charge is 0.497 e. The van der Waals surface area contributed by atoms with Crippen LogP contribution in [0.2, 0.25) is 0 Å². The lowest BCUT2D eigenvalue weighted by Crippen LogP contribution is -2.18. The van der Waals surface area contributed by atoms with Gasteiger partial charge in [0.1, 0.15) is 18.1 Å². The van der Waals surface area contributed by atoms with Crippen LogP contribution in [0, 0.1) is 0 Å². The number of fused-ring (bicyclic) bond motifs is 2. The second-order valence-corrected chi connectivity index (χ2v) is 8.91. The van der Waals surface area contributed by atoms with Gasteiger partial charge < -0.3 is 14.8 Å². The van der Waals surface area contributed by atoms with E-state index >= 15 is 0 Å². The fourth-order valence-electron chi connectivity index (χ4n) is 4.34. The minimum absolute atomic E-state index is 0.376. The lowest BCUT2D eigenvalue weighted by molar-refractivity contribution is 0.0706. The van der Waals surface area contributed by atoms with E-state index in [0.717, 1.165) is 49.9 Å². The summed E-state index contributed by atoms with van der Waals surface area (Å²) in [6.07, 6.45) is 2.04. The molecule has 0 saturated heterocycles. The van der Waals surface area contributed by atoms with Gasteiger partial charge in [-0.15, -0.1) is 0 Å². The Bertz CT molecular complexity index is 1600. The smallest absolute Gasteiger partial charge is 0.274 e. The summed E-state index contributed by atoms with van der Waals surface area (Å²) in [6, 6.07) is 33.5. The molecule has 1 amide bonds. The van der Waals surface area contributed by atoms with E-state index in [-0.39, 0.29) is 0 Å². The summed E-state index contributed by atoms with van der Waals surface area (Å²) in [5, 5.41) is 16.8.